The van der Waals surface area contributed by atoms with Gasteiger partial charge in [-0.25, -0.2) is 4.39 Å². The lowest BCUT2D eigenvalue weighted by molar-refractivity contribution is -0.140. The minimum atomic E-state index is -4.88. The summed E-state index contributed by atoms with van der Waals surface area (Å²) in [5.74, 6) is -2.62. The van der Waals surface area contributed by atoms with E-state index in [-0.39, 0.29) is 64.8 Å². The molecule has 2 N–H and O–H groups in total. The first-order valence-electron chi connectivity index (χ1n) is 12.1. The summed E-state index contributed by atoms with van der Waals surface area (Å²) < 4.78 is 58.5. The van der Waals surface area contributed by atoms with Crippen LogP contribution in [-0.4, -0.2) is 29.4 Å². The van der Waals surface area contributed by atoms with Crippen molar-refractivity contribution in [2.45, 2.75) is 33.1 Å². The van der Waals surface area contributed by atoms with Crippen LogP contribution < -0.4 is 15.4 Å². The van der Waals surface area contributed by atoms with E-state index in [9.17, 15) is 31.9 Å². The highest BCUT2D eigenvalue weighted by atomic mass is 35.5. The molecular weight excluding hydrogens is 554 g/mol. The van der Waals surface area contributed by atoms with Gasteiger partial charge in [-0.2, -0.15) is 13.2 Å². The number of hydrogen-bond donors (Lipinski definition) is 2. The van der Waals surface area contributed by atoms with Crippen molar-refractivity contribution < 1.29 is 36.7 Å². The Hall–Kier alpha value is -4.12. The highest BCUT2D eigenvalue weighted by Crippen LogP contribution is 2.33. The van der Waals surface area contributed by atoms with Gasteiger partial charge in [0.2, 0.25) is 5.91 Å². The maximum atomic E-state index is 13.7. The Balaban J connectivity index is 1.49. The van der Waals surface area contributed by atoms with Crippen molar-refractivity contribution in [3.8, 4) is 5.75 Å². The summed E-state index contributed by atoms with van der Waals surface area (Å²) in [5, 5.41) is 5.61. The van der Waals surface area contributed by atoms with Gasteiger partial charge in [0, 0.05) is 24.7 Å². The minimum absolute atomic E-state index is 0.0673. The number of rotatable bonds is 7. The third kappa shape index (κ3) is 6.53. The highest BCUT2D eigenvalue weighted by molar-refractivity contribution is 6.34. The predicted molar refractivity (Wildman–Crippen MR) is 139 cm³/mol. The molecule has 0 aliphatic carbocycles. The van der Waals surface area contributed by atoms with Crippen molar-refractivity contribution in [2.75, 3.05) is 12.0 Å². The van der Waals surface area contributed by atoms with Crippen LogP contribution in [0, 0.1) is 11.7 Å². The number of anilines is 1. The van der Waals surface area contributed by atoms with Gasteiger partial charge in [-0.15, -0.1) is 0 Å². The molecule has 3 aromatic carbocycles. The van der Waals surface area contributed by atoms with E-state index in [1.807, 2.05) is 0 Å². The molecule has 3 amide bonds. The maximum absolute atomic E-state index is 13.7. The van der Waals surface area contributed by atoms with Crippen molar-refractivity contribution >= 4 is 35.0 Å². The maximum Gasteiger partial charge on any atom is 0.419 e. The molecule has 4 rings (SSSR count). The van der Waals surface area contributed by atoms with Crippen LogP contribution in [0.2, 0.25) is 5.02 Å². The van der Waals surface area contributed by atoms with Gasteiger partial charge in [0.05, 0.1) is 21.7 Å². The van der Waals surface area contributed by atoms with E-state index in [1.165, 1.54) is 24.3 Å². The Kier molecular flexibility index (Phi) is 8.34. The van der Waals surface area contributed by atoms with Gasteiger partial charge in [-0.1, -0.05) is 37.6 Å². The third-order valence-electron chi connectivity index (χ3n) is 6.11. The summed E-state index contributed by atoms with van der Waals surface area (Å²) in [5.41, 5.74) is -0.223. The summed E-state index contributed by atoms with van der Waals surface area (Å²) in [4.78, 5) is 39.2. The largest absolute Gasteiger partial charge is 0.472 e. The molecule has 0 aromatic heterocycles. The van der Waals surface area contributed by atoms with Gasteiger partial charge in [0.15, 0.2) is 6.73 Å². The SMILES string of the molecule is CC(C)C(=O)NCc1ccc(Cl)c(C(=O)Nc2ccc3c(c2)C(=O)N(Cc2ccc(F)c(C(F)(F)F)c2)CO3)c1. The second-order valence-corrected chi connectivity index (χ2v) is 9.85. The van der Waals surface area contributed by atoms with E-state index in [4.69, 9.17) is 16.3 Å². The molecule has 7 nitrogen and oxygen atoms in total. The summed E-state index contributed by atoms with van der Waals surface area (Å²) in [6.07, 6.45) is -4.88. The standard InChI is InChI=1S/C28H24ClF4N3O4/c1-15(2)25(37)34-12-16-3-6-22(29)19(9-16)26(38)35-18-5-8-24-20(11-18)27(39)36(14-40-24)13-17-4-7-23(30)21(10-17)28(31,32)33/h3-11,15H,12-14H2,1-2H3,(H,34,37)(H,35,38). The first-order chi connectivity index (χ1) is 18.8. The topological polar surface area (TPSA) is 87.7 Å². The number of halogens is 5. The number of amides is 3. The number of alkyl halides is 3. The fourth-order valence-electron chi connectivity index (χ4n) is 3.95. The Labute approximate surface area is 232 Å². The van der Waals surface area contributed by atoms with E-state index in [0.717, 1.165) is 11.0 Å². The first kappa shape index (κ1) is 28.9. The Morgan fingerprint density at radius 1 is 1.05 bits per heavy atom. The molecule has 12 heteroatoms. The van der Waals surface area contributed by atoms with Crippen LogP contribution in [0.25, 0.3) is 0 Å². The molecule has 1 heterocycles. The molecule has 1 aliphatic heterocycles. The molecule has 0 radical (unpaired) electrons. The van der Waals surface area contributed by atoms with Gasteiger partial charge in [-0.3, -0.25) is 14.4 Å². The van der Waals surface area contributed by atoms with Crippen molar-refractivity contribution in [1.29, 1.82) is 0 Å². The van der Waals surface area contributed by atoms with Gasteiger partial charge >= 0.3 is 6.18 Å². The number of hydrogen-bond acceptors (Lipinski definition) is 4. The molecule has 0 atom stereocenters. The van der Waals surface area contributed by atoms with Crippen LogP contribution in [0.5, 0.6) is 5.75 Å². The third-order valence-corrected chi connectivity index (χ3v) is 6.44. The van der Waals surface area contributed by atoms with Gasteiger partial charge in [0.25, 0.3) is 11.8 Å². The Morgan fingerprint density at radius 3 is 2.48 bits per heavy atom. The molecule has 210 valence electrons. The van der Waals surface area contributed by atoms with Crippen molar-refractivity contribution in [3.05, 3.63) is 93.3 Å². The zero-order chi connectivity index (χ0) is 29.2. The summed E-state index contributed by atoms with van der Waals surface area (Å²) in [7, 11) is 0. The predicted octanol–water partition coefficient (Wildman–Crippen LogP) is 6.01. The van der Waals surface area contributed by atoms with Gasteiger partial charge < -0.3 is 20.3 Å². The normalized spacial score (nSPS) is 13.1. The van der Waals surface area contributed by atoms with E-state index in [1.54, 1.807) is 26.0 Å². The molecule has 0 saturated heterocycles. The number of nitrogens with zero attached hydrogens (tertiary/aromatic N) is 1. The van der Waals surface area contributed by atoms with E-state index >= 15 is 0 Å². The minimum Gasteiger partial charge on any atom is -0.472 e. The lowest BCUT2D eigenvalue weighted by Crippen LogP contribution is -2.38. The molecule has 1 aliphatic rings. The lowest BCUT2D eigenvalue weighted by Gasteiger charge is -2.29. The van der Waals surface area contributed by atoms with E-state index in [2.05, 4.69) is 10.6 Å². The van der Waals surface area contributed by atoms with Crippen molar-refractivity contribution in [3.63, 3.8) is 0 Å². The highest BCUT2D eigenvalue weighted by Gasteiger charge is 2.35. The number of fused-ring (bicyclic) bond motifs is 1. The number of nitrogens with one attached hydrogen (secondary N) is 2. The quantitative estimate of drug-likeness (QED) is 0.337. The van der Waals surface area contributed by atoms with Crippen LogP contribution in [0.4, 0.5) is 23.2 Å². The van der Waals surface area contributed by atoms with Crippen molar-refractivity contribution in [1.82, 2.24) is 10.2 Å². The first-order valence-corrected chi connectivity index (χ1v) is 12.5. The average molecular weight is 578 g/mol. The zero-order valence-electron chi connectivity index (χ0n) is 21.4. The van der Waals surface area contributed by atoms with E-state index < -0.39 is 29.4 Å². The molecule has 3 aromatic rings. The van der Waals surface area contributed by atoms with E-state index in [0.29, 0.717) is 17.7 Å². The van der Waals surface area contributed by atoms with Gasteiger partial charge in [-0.05, 0) is 53.6 Å². The van der Waals surface area contributed by atoms with Crippen LogP contribution in [0.15, 0.2) is 54.6 Å². The second kappa shape index (κ2) is 11.5. The molecule has 0 fully saturated rings. The fraction of sp³-hybridized carbons (Fsp3) is 0.250. The number of carbonyl (C=O) groups is 3. The van der Waals surface area contributed by atoms with Crippen molar-refractivity contribution in [2.24, 2.45) is 5.92 Å². The fourth-order valence-corrected chi connectivity index (χ4v) is 4.15. The molecule has 0 spiro atoms. The lowest BCUT2D eigenvalue weighted by atomic mass is 10.1. The number of carbonyl (C=O) groups excluding carboxylic acids is 3. The Bertz CT molecular complexity index is 1480. The smallest absolute Gasteiger partial charge is 0.419 e. The summed E-state index contributed by atoms with van der Waals surface area (Å²) in [6.45, 7) is 3.24. The van der Waals surface area contributed by atoms with Crippen LogP contribution >= 0.6 is 11.6 Å². The van der Waals surface area contributed by atoms with Crippen LogP contribution in [0.3, 0.4) is 0 Å². The van der Waals surface area contributed by atoms with Crippen LogP contribution in [0.1, 0.15) is 51.3 Å². The average Bonchev–Trinajstić information content (AvgIpc) is 2.90. The summed E-state index contributed by atoms with van der Waals surface area (Å²) in [6, 6.07) is 11.7. The zero-order valence-corrected chi connectivity index (χ0v) is 22.1. The molecule has 0 saturated carbocycles. The molecular formula is C28H24ClF4N3O4. The number of ether oxygens (including phenoxy) is 1. The Morgan fingerprint density at radius 2 is 1.77 bits per heavy atom. The summed E-state index contributed by atoms with van der Waals surface area (Å²) >= 11 is 6.23. The van der Waals surface area contributed by atoms with Gasteiger partial charge in [0.1, 0.15) is 11.6 Å². The second-order valence-electron chi connectivity index (χ2n) is 9.44. The molecule has 0 bridgehead atoms. The monoisotopic (exact) mass is 577 g/mol. The van der Waals surface area contributed by atoms with Crippen LogP contribution in [-0.2, 0) is 24.1 Å². The molecule has 40 heavy (non-hydrogen) atoms. The number of benzene rings is 3. The molecule has 0 unspecified atom stereocenters.